The third-order valence-electron chi connectivity index (χ3n) is 10.3. The fraction of sp³-hybridized carbons (Fsp3) is 0.568. The van der Waals surface area contributed by atoms with Crippen LogP contribution in [0.15, 0.2) is 71.1 Å². The van der Waals surface area contributed by atoms with E-state index in [0.717, 1.165) is 30.4 Å². The van der Waals surface area contributed by atoms with Crippen LogP contribution < -0.4 is 26.1 Å². The predicted octanol–water partition coefficient (Wildman–Crippen LogP) is 6.28. The van der Waals surface area contributed by atoms with Gasteiger partial charge in [-0.15, -0.1) is 0 Å². The van der Waals surface area contributed by atoms with E-state index in [1.165, 1.54) is 24.0 Å². The first kappa shape index (κ1) is 55.0. The van der Waals surface area contributed by atoms with E-state index in [2.05, 4.69) is 26.1 Å². The molecule has 346 valence electrons. The zero-order valence-electron chi connectivity index (χ0n) is 38.1. The van der Waals surface area contributed by atoms with Crippen molar-refractivity contribution in [2.75, 3.05) is 33.4 Å². The summed E-state index contributed by atoms with van der Waals surface area (Å²) in [5.74, 6) is -0.509. The third-order valence-corrected chi connectivity index (χ3v) is 14.2. The van der Waals surface area contributed by atoms with Crippen molar-refractivity contribution in [3.63, 3.8) is 0 Å². The number of sulfonamides is 1. The highest BCUT2D eigenvalue weighted by Gasteiger charge is 2.41. The van der Waals surface area contributed by atoms with Gasteiger partial charge in [-0.05, 0) is 61.4 Å². The maximum Gasteiger partial charge on any atom is 0.264 e. The summed E-state index contributed by atoms with van der Waals surface area (Å²) in [6.07, 6.45) is 4.82. The van der Waals surface area contributed by atoms with E-state index in [-0.39, 0.29) is 40.0 Å². The van der Waals surface area contributed by atoms with Crippen molar-refractivity contribution in [1.82, 2.24) is 34.2 Å². The minimum absolute atomic E-state index is 0.0264. The summed E-state index contributed by atoms with van der Waals surface area (Å²) in [5, 5.41) is 9.08. The van der Waals surface area contributed by atoms with Crippen LogP contribution in [0.1, 0.15) is 98.6 Å². The van der Waals surface area contributed by atoms with Gasteiger partial charge in [-0.3, -0.25) is 29.4 Å². The Morgan fingerprint density at radius 2 is 1.47 bits per heavy atom. The van der Waals surface area contributed by atoms with Crippen LogP contribution >= 0.6 is 44.5 Å². The molecule has 0 radical (unpaired) electrons. The zero-order valence-corrected chi connectivity index (χ0v) is 42.7. The Hall–Kier alpha value is -3.17. The molecule has 0 heterocycles. The standard InChI is InChI=1S/C44H68IN7O7S3/c1-30(2)35(51(10)42(57)39(43(4,5)6)48-41(56)38(46-9)44(7,8)33-18-14-12-15-19-33)28-31(3)40(55)50-62(58,59)34-23-21-32(22-24-34)29-61-60-27-25-36(53)47-26-17-13-16-20-37(54)49-52(11)45/h12,14-15,18-19,21-24,28,30,35,38-39,46H,13,16-17,20,25-27,29H2,1-11H3,(H,47,53)(H,48,56)(H,49,54)(H,50,55)/b31-28+/t35-,38-,39-/m1/s1. The number of amides is 5. The average molecular weight is 1030 g/mol. The van der Waals surface area contributed by atoms with Crippen molar-refractivity contribution in [3.05, 3.63) is 77.4 Å². The van der Waals surface area contributed by atoms with E-state index < -0.39 is 44.9 Å². The third kappa shape index (κ3) is 18.1. The fourth-order valence-corrected chi connectivity index (χ4v) is 9.97. The van der Waals surface area contributed by atoms with Gasteiger partial charge in [-0.2, -0.15) is 3.22 Å². The maximum absolute atomic E-state index is 14.3. The number of hydrogen-bond donors (Lipinski definition) is 5. The van der Waals surface area contributed by atoms with Gasteiger partial charge in [-0.25, -0.2) is 13.1 Å². The molecular formula is C44H68IN7O7S3. The number of carbonyl (C=O) groups is 5. The number of unbranched alkanes of at least 4 members (excludes halogenated alkanes) is 2. The van der Waals surface area contributed by atoms with Gasteiger partial charge in [0, 0.05) is 78.8 Å². The Labute approximate surface area is 392 Å². The van der Waals surface area contributed by atoms with Crippen LogP contribution in [0.2, 0.25) is 0 Å². The molecule has 2 aromatic rings. The Morgan fingerprint density at radius 1 is 0.839 bits per heavy atom. The smallest absolute Gasteiger partial charge is 0.264 e. The number of hydrazine groups is 1. The second-order valence-electron chi connectivity index (χ2n) is 17.2. The largest absolute Gasteiger partial charge is 0.356 e. The first-order chi connectivity index (χ1) is 28.9. The number of rotatable bonds is 25. The quantitative estimate of drug-likeness (QED) is 0.0188. The van der Waals surface area contributed by atoms with Crippen LogP contribution in [-0.4, -0.2) is 97.6 Å². The maximum atomic E-state index is 14.3. The lowest BCUT2D eigenvalue weighted by molar-refractivity contribution is -0.141. The lowest BCUT2D eigenvalue weighted by Gasteiger charge is -2.40. The molecule has 0 bridgehead atoms. The highest BCUT2D eigenvalue weighted by Crippen LogP contribution is 2.30. The number of nitrogens with one attached hydrogen (secondary N) is 5. The van der Waals surface area contributed by atoms with E-state index in [9.17, 15) is 32.4 Å². The summed E-state index contributed by atoms with van der Waals surface area (Å²) in [5.41, 5.74) is 3.37. The lowest BCUT2D eigenvalue weighted by Crippen LogP contribution is -2.61. The Kier molecular flexibility index (Phi) is 23.0. The molecule has 0 aliphatic rings. The molecular weight excluding hydrogens is 962 g/mol. The van der Waals surface area contributed by atoms with Crippen molar-refractivity contribution in [2.24, 2.45) is 11.3 Å². The van der Waals surface area contributed by atoms with Gasteiger partial charge in [0.25, 0.3) is 15.9 Å². The summed E-state index contributed by atoms with van der Waals surface area (Å²) in [4.78, 5) is 66.8. The Bertz CT molecular complexity index is 1920. The zero-order chi connectivity index (χ0) is 46.8. The van der Waals surface area contributed by atoms with Crippen LogP contribution in [0.3, 0.4) is 0 Å². The summed E-state index contributed by atoms with van der Waals surface area (Å²) in [7, 11) is 3.98. The second-order valence-corrected chi connectivity index (χ2v) is 22.9. The molecule has 0 aromatic heterocycles. The Balaban J connectivity index is 1.97. The van der Waals surface area contributed by atoms with Gasteiger partial charge in [0.2, 0.25) is 23.6 Å². The highest BCUT2D eigenvalue weighted by atomic mass is 127. The molecule has 0 unspecified atom stereocenters. The van der Waals surface area contributed by atoms with Crippen LogP contribution in [-0.2, 0) is 45.2 Å². The number of carbonyl (C=O) groups excluding carboxylic acids is 5. The molecule has 2 aromatic carbocycles. The average Bonchev–Trinajstić information content (AvgIpc) is 3.19. The van der Waals surface area contributed by atoms with E-state index in [0.29, 0.717) is 30.9 Å². The van der Waals surface area contributed by atoms with Crippen LogP contribution in [0, 0.1) is 11.3 Å². The molecule has 0 fully saturated rings. The molecule has 0 saturated carbocycles. The molecule has 0 aliphatic carbocycles. The molecule has 0 saturated heterocycles. The summed E-state index contributed by atoms with van der Waals surface area (Å²) in [6.45, 7) is 15.5. The van der Waals surface area contributed by atoms with Gasteiger partial charge in [0.05, 0.1) is 17.0 Å². The minimum atomic E-state index is -4.21. The monoisotopic (exact) mass is 1030 g/mol. The molecule has 14 nitrogen and oxygen atoms in total. The molecule has 5 amide bonds. The Morgan fingerprint density at radius 3 is 2.03 bits per heavy atom. The molecule has 18 heteroatoms. The topological polar surface area (TPSA) is 186 Å². The lowest BCUT2D eigenvalue weighted by atomic mass is 9.76. The normalized spacial score (nSPS) is 13.9. The predicted molar refractivity (Wildman–Crippen MR) is 260 cm³/mol. The van der Waals surface area contributed by atoms with Crippen LogP contribution in [0.25, 0.3) is 0 Å². The van der Waals surface area contributed by atoms with Crippen molar-refractivity contribution >= 4 is 84.0 Å². The van der Waals surface area contributed by atoms with Gasteiger partial charge >= 0.3 is 0 Å². The highest BCUT2D eigenvalue weighted by molar-refractivity contribution is 14.1. The fourth-order valence-electron chi connectivity index (χ4n) is 6.62. The second kappa shape index (κ2) is 26.0. The first-order valence-corrected chi connectivity index (χ1v) is 25.7. The van der Waals surface area contributed by atoms with Crippen LogP contribution in [0.5, 0.6) is 0 Å². The van der Waals surface area contributed by atoms with Gasteiger partial charge in [0.1, 0.15) is 6.04 Å². The van der Waals surface area contributed by atoms with Gasteiger partial charge < -0.3 is 20.9 Å². The summed E-state index contributed by atoms with van der Waals surface area (Å²) >= 11 is 1.98. The number of halogens is 1. The van der Waals surface area contributed by atoms with Gasteiger partial charge in [-0.1, -0.05) is 125 Å². The molecule has 5 N–H and O–H groups in total. The minimum Gasteiger partial charge on any atom is -0.356 e. The van der Waals surface area contributed by atoms with E-state index in [4.69, 9.17) is 0 Å². The number of likely N-dealkylation sites (N-methyl/N-ethyl adjacent to an activating group) is 2. The van der Waals surface area contributed by atoms with E-state index >= 15 is 0 Å². The number of hydrogen-bond acceptors (Lipinski definition) is 11. The van der Waals surface area contributed by atoms with E-state index in [1.54, 1.807) is 64.2 Å². The first-order valence-electron chi connectivity index (χ1n) is 20.8. The summed E-state index contributed by atoms with van der Waals surface area (Å²) < 4.78 is 30.3. The van der Waals surface area contributed by atoms with Gasteiger partial charge in [0.15, 0.2) is 0 Å². The molecule has 3 atom stereocenters. The molecule has 2 rings (SSSR count). The van der Waals surface area contributed by atoms with Crippen LogP contribution in [0.4, 0.5) is 0 Å². The number of nitrogens with zero attached hydrogens (tertiary/aromatic N) is 2. The molecule has 0 aliphatic heterocycles. The van der Waals surface area contributed by atoms with Crippen molar-refractivity contribution in [3.8, 4) is 0 Å². The summed E-state index contributed by atoms with van der Waals surface area (Å²) in [6, 6.07) is 13.8. The van der Waals surface area contributed by atoms with Crippen molar-refractivity contribution < 1.29 is 32.4 Å². The van der Waals surface area contributed by atoms with E-state index in [1.807, 2.05) is 102 Å². The van der Waals surface area contributed by atoms with Crippen molar-refractivity contribution in [1.29, 1.82) is 0 Å². The SMILES string of the molecule is CN[C@H](C(=O)N[C@H](C(=O)N(C)[C@H](/C=C(\C)C(=O)NS(=O)(=O)c1ccc(CSSCCC(=O)NCCCCCC(=O)NN(C)I)cc1)C(C)C)C(C)(C)C)C(C)(C)c1ccccc1. The number of benzene rings is 2. The molecule has 62 heavy (non-hydrogen) atoms. The molecule has 0 spiro atoms. The van der Waals surface area contributed by atoms with Crippen molar-refractivity contribution in [2.45, 2.75) is 122 Å².